The maximum atomic E-state index is 12.0. The van der Waals surface area contributed by atoms with E-state index in [9.17, 15) is 9.59 Å². The van der Waals surface area contributed by atoms with Crippen LogP contribution in [0.1, 0.15) is 35.5 Å². The van der Waals surface area contributed by atoms with Crippen LogP contribution >= 0.6 is 11.3 Å². The average Bonchev–Trinajstić information content (AvgIpc) is 2.74. The Labute approximate surface area is 120 Å². The quantitative estimate of drug-likeness (QED) is 0.856. The van der Waals surface area contributed by atoms with Crippen LogP contribution in [0.4, 0.5) is 4.79 Å². The third-order valence-corrected chi connectivity index (χ3v) is 3.07. The smallest absolute Gasteiger partial charge is 0.410 e. The second-order valence-corrected chi connectivity index (χ2v) is 6.18. The van der Waals surface area contributed by atoms with Gasteiger partial charge in [0.25, 0.3) is 0 Å². The third-order valence-electron chi connectivity index (χ3n) is 2.10. The number of carbonyl (C=O) groups is 2. The first-order chi connectivity index (χ1) is 9.23. The molecule has 0 fully saturated rings. The van der Waals surface area contributed by atoms with Gasteiger partial charge in [0, 0.05) is 17.6 Å². The second-order valence-electron chi connectivity index (χ2n) is 5.06. The lowest BCUT2D eigenvalue weighted by Gasteiger charge is -2.26. The first kappa shape index (κ1) is 16.4. The van der Waals surface area contributed by atoms with Gasteiger partial charge in [-0.1, -0.05) is 0 Å². The van der Waals surface area contributed by atoms with Crippen LogP contribution in [0.25, 0.3) is 0 Å². The van der Waals surface area contributed by atoms with Gasteiger partial charge >= 0.3 is 12.1 Å². The lowest BCUT2D eigenvalue weighted by Crippen LogP contribution is -2.37. The zero-order chi connectivity index (χ0) is 15.3. The van der Waals surface area contributed by atoms with Crippen LogP contribution < -0.4 is 0 Å². The number of carboxylic acids is 1. The van der Waals surface area contributed by atoms with Crippen LogP contribution in [0, 0.1) is 0 Å². The number of ether oxygens (including phenoxy) is 1. The van der Waals surface area contributed by atoms with Crippen molar-refractivity contribution in [2.24, 2.45) is 0 Å². The van der Waals surface area contributed by atoms with E-state index in [0.29, 0.717) is 4.88 Å². The number of thiazole rings is 1. The van der Waals surface area contributed by atoms with Crippen LogP contribution in [-0.4, -0.2) is 50.9 Å². The second kappa shape index (κ2) is 6.67. The molecule has 0 aliphatic heterocycles. The summed E-state index contributed by atoms with van der Waals surface area (Å²) in [6.07, 6.45) is 0.847. The minimum atomic E-state index is -1.10. The highest BCUT2D eigenvalue weighted by Crippen LogP contribution is 2.17. The topological polar surface area (TPSA) is 100.0 Å². The fourth-order valence-corrected chi connectivity index (χ4v) is 2.12. The molecule has 1 heterocycles. The molecule has 0 aliphatic rings. The largest absolute Gasteiger partial charge is 0.476 e. The summed E-state index contributed by atoms with van der Waals surface area (Å²) in [4.78, 5) is 28.4. The SMILES string of the molecule is CC(C)(C)OC(=O)N(CCO)Cc1cnc(C(=O)O)s1. The van der Waals surface area contributed by atoms with Gasteiger partial charge in [-0.25, -0.2) is 14.6 Å². The van der Waals surface area contributed by atoms with E-state index in [1.807, 2.05) is 0 Å². The van der Waals surface area contributed by atoms with E-state index < -0.39 is 17.7 Å². The van der Waals surface area contributed by atoms with Gasteiger partial charge in [-0.05, 0) is 20.8 Å². The van der Waals surface area contributed by atoms with Crippen LogP contribution in [0.2, 0.25) is 0 Å². The number of hydrogen-bond donors (Lipinski definition) is 2. The highest BCUT2D eigenvalue weighted by molar-refractivity contribution is 7.13. The van der Waals surface area contributed by atoms with Gasteiger partial charge in [0.1, 0.15) is 5.60 Å². The molecule has 0 radical (unpaired) electrons. The number of amides is 1. The first-order valence-electron chi connectivity index (χ1n) is 5.99. The van der Waals surface area contributed by atoms with Gasteiger partial charge in [-0.15, -0.1) is 11.3 Å². The summed E-state index contributed by atoms with van der Waals surface area (Å²) >= 11 is 0.989. The Morgan fingerprint density at radius 2 is 2.10 bits per heavy atom. The van der Waals surface area contributed by atoms with E-state index in [4.69, 9.17) is 14.9 Å². The Hall–Kier alpha value is -1.67. The van der Waals surface area contributed by atoms with Crippen LogP contribution in [0.15, 0.2) is 6.20 Å². The molecule has 0 atom stereocenters. The molecule has 1 amide bonds. The number of nitrogens with zero attached hydrogens (tertiary/aromatic N) is 2. The van der Waals surface area contributed by atoms with E-state index in [2.05, 4.69) is 4.98 Å². The van der Waals surface area contributed by atoms with E-state index in [-0.39, 0.29) is 24.7 Å². The van der Waals surface area contributed by atoms with Crippen molar-refractivity contribution >= 4 is 23.4 Å². The monoisotopic (exact) mass is 302 g/mol. The van der Waals surface area contributed by atoms with Crippen molar-refractivity contribution in [3.63, 3.8) is 0 Å². The number of aromatic carboxylic acids is 1. The van der Waals surface area contributed by atoms with Gasteiger partial charge < -0.3 is 19.8 Å². The van der Waals surface area contributed by atoms with E-state index in [1.165, 1.54) is 11.1 Å². The molecule has 0 bridgehead atoms. The van der Waals surface area contributed by atoms with Crippen LogP contribution in [0.3, 0.4) is 0 Å². The summed E-state index contributed by atoms with van der Waals surface area (Å²) in [5.74, 6) is -1.10. The number of aliphatic hydroxyl groups excluding tert-OH is 1. The fraction of sp³-hybridized carbons (Fsp3) is 0.583. The molecular formula is C12H18N2O5S. The number of aliphatic hydroxyl groups is 1. The summed E-state index contributed by atoms with van der Waals surface area (Å²) in [5, 5.41) is 17.8. The number of carbonyl (C=O) groups excluding carboxylic acids is 1. The zero-order valence-electron chi connectivity index (χ0n) is 11.6. The summed E-state index contributed by atoms with van der Waals surface area (Å²) < 4.78 is 5.22. The van der Waals surface area contributed by atoms with E-state index in [1.54, 1.807) is 20.8 Å². The summed E-state index contributed by atoms with van der Waals surface area (Å²) in [6, 6.07) is 0. The van der Waals surface area contributed by atoms with Gasteiger partial charge in [0.05, 0.1) is 13.2 Å². The Bertz CT molecular complexity index is 480. The molecule has 1 rings (SSSR count). The Balaban J connectivity index is 2.75. The average molecular weight is 302 g/mol. The van der Waals surface area contributed by atoms with Crippen LogP contribution in [0.5, 0.6) is 0 Å². The number of rotatable bonds is 5. The summed E-state index contributed by atoms with van der Waals surface area (Å²) in [6.45, 7) is 5.30. The van der Waals surface area contributed by atoms with Gasteiger partial charge in [0.2, 0.25) is 5.01 Å². The lowest BCUT2D eigenvalue weighted by atomic mass is 10.2. The number of hydrogen-bond acceptors (Lipinski definition) is 6. The van der Waals surface area contributed by atoms with Crippen molar-refractivity contribution in [1.29, 1.82) is 0 Å². The Morgan fingerprint density at radius 1 is 1.45 bits per heavy atom. The zero-order valence-corrected chi connectivity index (χ0v) is 12.4. The molecule has 7 nitrogen and oxygen atoms in total. The molecule has 0 aliphatic carbocycles. The Kier molecular flexibility index (Phi) is 5.46. The molecule has 0 saturated heterocycles. The van der Waals surface area contributed by atoms with Gasteiger partial charge in [-0.3, -0.25) is 0 Å². The van der Waals surface area contributed by atoms with Crippen molar-refractivity contribution in [1.82, 2.24) is 9.88 Å². The summed E-state index contributed by atoms with van der Waals surface area (Å²) in [7, 11) is 0. The first-order valence-corrected chi connectivity index (χ1v) is 6.81. The van der Waals surface area contributed by atoms with Gasteiger partial charge in [-0.2, -0.15) is 0 Å². The molecular weight excluding hydrogens is 284 g/mol. The molecule has 112 valence electrons. The molecule has 2 N–H and O–H groups in total. The number of carboxylic acid groups (broad SMARTS) is 1. The maximum absolute atomic E-state index is 12.0. The van der Waals surface area contributed by atoms with Crippen molar-refractivity contribution in [3.8, 4) is 0 Å². The van der Waals surface area contributed by atoms with Crippen molar-refractivity contribution in [2.75, 3.05) is 13.2 Å². The molecule has 8 heteroatoms. The highest BCUT2D eigenvalue weighted by atomic mass is 32.1. The standard InChI is InChI=1S/C12H18N2O5S/c1-12(2,3)19-11(18)14(4-5-15)7-8-6-13-9(20-8)10(16)17/h6,15H,4-5,7H2,1-3H3,(H,16,17). The molecule has 1 aromatic rings. The maximum Gasteiger partial charge on any atom is 0.410 e. The lowest BCUT2D eigenvalue weighted by molar-refractivity contribution is 0.0203. The molecule has 0 saturated carbocycles. The molecule has 20 heavy (non-hydrogen) atoms. The van der Waals surface area contributed by atoms with Gasteiger partial charge in [0.15, 0.2) is 0 Å². The normalized spacial score (nSPS) is 11.2. The van der Waals surface area contributed by atoms with Crippen LogP contribution in [-0.2, 0) is 11.3 Å². The van der Waals surface area contributed by atoms with Crippen molar-refractivity contribution in [2.45, 2.75) is 32.9 Å². The van der Waals surface area contributed by atoms with Crippen molar-refractivity contribution < 1.29 is 24.5 Å². The Morgan fingerprint density at radius 3 is 2.55 bits per heavy atom. The van der Waals surface area contributed by atoms with Crippen molar-refractivity contribution in [3.05, 3.63) is 16.1 Å². The molecule has 0 spiro atoms. The molecule has 0 unspecified atom stereocenters. The third kappa shape index (κ3) is 5.14. The minimum absolute atomic E-state index is 0.0341. The van der Waals surface area contributed by atoms with E-state index in [0.717, 1.165) is 11.3 Å². The predicted molar refractivity (Wildman–Crippen MR) is 72.8 cm³/mol. The number of aromatic nitrogens is 1. The summed E-state index contributed by atoms with van der Waals surface area (Å²) in [5.41, 5.74) is -0.634. The molecule has 0 aromatic carbocycles. The fourth-order valence-electron chi connectivity index (χ4n) is 1.35. The van der Waals surface area contributed by atoms with E-state index >= 15 is 0 Å². The predicted octanol–water partition coefficient (Wildman–Crippen LogP) is 1.57. The molecule has 1 aromatic heterocycles. The minimum Gasteiger partial charge on any atom is -0.476 e. The highest BCUT2D eigenvalue weighted by Gasteiger charge is 2.23.